The van der Waals surface area contributed by atoms with E-state index in [1.807, 2.05) is 24.3 Å². The normalized spacial score (nSPS) is 20.4. The van der Waals surface area contributed by atoms with Crippen LogP contribution in [0.2, 0.25) is 0 Å². The molecule has 2 nitrogen and oxygen atoms in total. The maximum Gasteiger partial charge on any atom is 0.228 e. The number of thiol groups is 1. The molecular formula is C12H11NOS. The summed E-state index contributed by atoms with van der Waals surface area (Å²) in [7, 11) is 0. The average Bonchev–Trinajstić information content (AvgIpc) is 2.58. The largest absolute Gasteiger partial charge is 0.311 e. The van der Waals surface area contributed by atoms with Gasteiger partial charge in [-0.05, 0) is 18.2 Å². The lowest BCUT2D eigenvalue weighted by molar-refractivity contribution is -0.117. The summed E-state index contributed by atoms with van der Waals surface area (Å²) in [6.07, 6.45) is 5.81. The van der Waals surface area contributed by atoms with Crippen LogP contribution in [0.15, 0.2) is 24.3 Å². The molecule has 1 unspecified atom stereocenters. The van der Waals surface area contributed by atoms with Crippen molar-refractivity contribution in [2.45, 2.75) is 11.7 Å². The Kier molecular flexibility index (Phi) is 2.70. The number of rotatable bonds is 1. The topological polar surface area (TPSA) is 20.3 Å². The molecule has 0 aromatic heterocycles. The summed E-state index contributed by atoms with van der Waals surface area (Å²) < 4.78 is 0. The zero-order valence-corrected chi connectivity index (χ0v) is 9.08. The monoisotopic (exact) mass is 217 g/mol. The minimum Gasteiger partial charge on any atom is -0.311 e. The lowest BCUT2D eigenvalue weighted by Gasteiger charge is -2.16. The first kappa shape index (κ1) is 10.1. The van der Waals surface area contributed by atoms with Crippen molar-refractivity contribution in [2.75, 3.05) is 11.4 Å². The SMILES string of the molecule is C#Cc1cccc(N2CC(S)CC2=O)c1. The molecule has 2 rings (SSSR count). The predicted molar refractivity (Wildman–Crippen MR) is 64.1 cm³/mol. The Bertz CT molecular complexity index is 435. The van der Waals surface area contributed by atoms with Gasteiger partial charge in [-0.25, -0.2) is 0 Å². The van der Waals surface area contributed by atoms with Gasteiger partial charge in [0.2, 0.25) is 5.91 Å². The highest BCUT2D eigenvalue weighted by atomic mass is 32.1. The lowest BCUT2D eigenvalue weighted by Crippen LogP contribution is -2.24. The Morgan fingerprint density at radius 3 is 2.93 bits per heavy atom. The van der Waals surface area contributed by atoms with Gasteiger partial charge in [-0.1, -0.05) is 12.0 Å². The molecule has 0 bridgehead atoms. The van der Waals surface area contributed by atoms with Crippen LogP contribution in [0.4, 0.5) is 5.69 Å². The molecule has 1 atom stereocenters. The first-order valence-corrected chi connectivity index (χ1v) is 5.27. The Balaban J connectivity index is 2.30. The number of hydrogen-bond acceptors (Lipinski definition) is 2. The fraction of sp³-hybridized carbons (Fsp3) is 0.250. The molecule has 0 spiro atoms. The number of anilines is 1. The second-order valence-corrected chi connectivity index (χ2v) is 4.29. The maximum atomic E-state index is 11.6. The number of terminal acetylenes is 1. The first-order valence-electron chi connectivity index (χ1n) is 4.76. The number of carbonyl (C=O) groups is 1. The van der Waals surface area contributed by atoms with Gasteiger partial charge in [-0.15, -0.1) is 6.42 Å². The molecule has 1 fully saturated rings. The van der Waals surface area contributed by atoms with Gasteiger partial charge >= 0.3 is 0 Å². The molecule has 1 aliphatic rings. The van der Waals surface area contributed by atoms with Crippen LogP contribution >= 0.6 is 12.6 Å². The fourth-order valence-electron chi connectivity index (χ4n) is 1.70. The quantitative estimate of drug-likeness (QED) is 0.561. The van der Waals surface area contributed by atoms with Crippen molar-refractivity contribution < 1.29 is 4.79 Å². The van der Waals surface area contributed by atoms with Crippen molar-refractivity contribution in [3.63, 3.8) is 0 Å². The molecule has 0 radical (unpaired) electrons. The van der Waals surface area contributed by atoms with E-state index in [0.717, 1.165) is 11.3 Å². The van der Waals surface area contributed by atoms with Crippen molar-refractivity contribution in [3.8, 4) is 12.3 Å². The van der Waals surface area contributed by atoms with Crippen LogP contribution < -0.4 is 4.90 Å². The van der Waals surface area contributed by atoms with Crippen molar-refractivity contribution in [2.24, 2.45) is 0 Å². The zero-order chi connectivity index (χ0) is 10.8. The third-order valence-electron chi connectivity index (χ3n) is 2.43. The number of amides is 1. The molecule has 0 saturated carbocycles. The molecule has 1 saturated heterocycles. The average molecular weight is 217 g/mol. The summed E-state index contributed by atoms with van der Waals surface area (Å²) in [5.74, 6) is 2.67. The van der Waals surface area contributed by atoms with Gasteiger partial charge in [0, 0.05) is 29.5 Å². The molecule has 76 valence electrons. The van der Waals surface area contributed by atoms with Gasteiger partial charge in [0.15, 0.2) is 0 Å². The van der Waals surface area contributed by atoms with E-state index in [9.17, 15) is 4.79 Å². The highest BCUT2D eigenvalue weighted by molar-refractivity contribution is 7.81. The smallest absolute Gasteiger partial charge is 0.228 e. The van der Waals surface area contributed by atoms with Crippen LogP contribution in [0.3, 0.4) is 0 Å². The van der Waals surface area contributed by atoms with Crippen molar-refractivity contribution in [1.82, 2.24) is 0 Å². The number of hydrogen-bond donors (Lipinski definition) is 1. The summed E-state index contributed by atoms with van der Waals surface area (Å²) in [5, 5.41) is 0.131. The fourth-order valence-corrected chi connectivity index (χ4v) is 2.02. The Morgan fingerprint density at radius 2 is 2.33 bits per heavy atom. The van der Waals surface area contributed by atoms with Gasteiger partial charge in [0.05, 0.1) is 0 Å². The van der Waals surface area contributed by atoms with Gasteiger partial charge in [-0.3, -0.25) is 4.79 Å². The van der Waals surface area contributed by atoms with E-state index in [-0.39, 0.29) is 11.2 Å². The highest BCUT2D eigenvalue weighted by Crippen LogP contribution is 2.24. The standard InChI is InChI=1S/C12H11NOS/c1-2-9-4-3-5-10(6-9)13-8-11(15)7-12(13)14/h1,3-6,11,15H,7-8H2. The van der Waals surface area contributed by atoms with Crippen LogP contribution in [0.1, 0.15) is 12.0 Å². The first-order chi connectivity index (χ1) is 7.20. The molecule has 1 aliphatic heterocycles. The summed E-state index contributed by atoms with van der Waals surface area (Å²) in [5.41, 5.74) is 1.66. The third kappa shape index (κ3) is 2.00. The lowest BCUT2D eigenvalue weighted by atomic mass is 10.2. The molecule has 15 heavy (non-hydrogen) atoms. The van der Waals surface area contributed by atoms with E-state index < -0.39 is 0 Å². The number of nitrogens with zero attached hydrogens (tertiary/aromatic N) is 1. The number of carbonyl (C=O) groups excluding carboxylic acids is 1. The zero-order valence-electron chi connectivity index (χ0n) is 8.18. The summed E-state index contributed by atoms with van der Waals surface area (Å²) in [6, 6.07) is 7.46. The Labute approximate surface area is 94.7 Å². The van der Waals surface area contributed by atoms with Crippen molar-refractivity contribution >= 4 is 24.2 Å². The molecular weight excluding hydrogens is 206 g/mol. The highest BCUT2D eigenvalue weighted by Gasteiger charge is 2.28. The van der Waals surface area contributed by atoms with Gasteiger partial charge in [0.25, 0.3) is 0 Å². The van der Waals surface area contributed by atoms with E-state index in [2.05, 4.69) is 18.5 Å². The van der Waals surface area contributed by atoms with E-state index in [4.69, 9.17) is 6.42 Å². The summed E-state index contributed by atoms with van der Waals surface area (Å²) >= 11 is 4.31. The second-order valence-electron chi connectivity index (χ2n) is 3.56. The van der Waals surface area contributed by atoms with E-state index in [0.29, 0.717) is 13.0 Å². The molecule has 1 aromatic carbocycles. The molecule has 0 aliphatic carbocycles. The van der Waals surface area contributed by atoms with E-state index in [1.54, 1.807) is 4.90 Å². The Morgan fingerprint density at radius 1 is 1.53 bits per heavy atom. The van der Waals surface area contributed by atoms with E-state index >= 15 is 0 Å². The van der Waals surface area contributed by atoms with Gasteiger partial charge in [-0.2, -0.15) is 12.6 Å². The molecule has 3 heteroatoms. The van der Waals surface area contributed by atoms with E-state index in [1.165, 1.54) is 0 Å². The molecule has 0 N–H and O–H groups in total. The minimum absolute atomic E-state index is 0.115. The van der Waals surface area contributed by atoms with Crippen LogP contribution in [0.25, 0.3) is 0 Å². The van der Waals surface area contributed by atoms with Gasteiger partial charge < -0.3 is 4.90 Å². The van der Waals surface area contributed by atoms with Crippen LogP contribution in [0.5, 0.6) is 0 Å². The summed E-state index contributed by atoms with van der Waals surface area (Å²) in [6.45, 7) is 0.663. The van der Waals surface area contributed by atoms with Crippen LogP contribution in [0, 0.1) is 12.3 Å². The summed E-state index contributed by atoms with van der Waals surface area (Å²) in [4.78, 5) is 13.3. The van der Waals surface area contributed by atoms with Crippen LogP contribution in [-0.2, 0) is 4.79 Å². The van der Waals surface area contributed by atoms with Crippen molar-refractivity contribution in [1.29, 1.82) is 0 Å². The number of benzene rings is 1. The second kappa shape index (κ2) is 4.00. The third-order valence-corrected chi connectivity index (χ3v) is 2.77. The Hall–Kier alpha value is -1.40. The van der Waals surface area contributed by atoms with Gasteiger partial charge in [0.1, 0.15) is 0 Å². The molecule has 1 amide bonds. The predicted octanol–water partition coefficient (Wildman–Crippen LogP) is 1.70. The maximum absolute atomic E-state index is 11.6. The molecule has 1 aromatic rings. The molecule has 1 heterocycles. The minimum atomic E-state index is 0.115. The van der Waals surface area contributed by atoms with Crippen LogP contribution in [-0.4, -0.2) is 17.7 Å². The van der Waals surface area contributed by atoms with Crippen molar-refractivity contribution in [3.05, 3.63) is 29.8 Å².